The number of ether oxygens (including phenoxy) is 2. The summed E-state index contributed by atoms with van der Waals surface area (Å²) in [4.78, 5) is 40.5. The van der Waals surface area contributed by atoms with Gasteiger partial charge in [-0.05, 0) is 39.3 Å². The molecule has 0 spiro atoms. The normalized spacial score (nSPS) is 10.5. The summed E-state index contributed by atoms with van der Waals surface area (Å²) < 4.78 is 10.3. The number of carbonyl (C=O) groups excluding carboxylic acids is 3. The number of aromatic nitrogens is 1. The summed E-state index contributed by atoms with van der Waals surface area (Å²) in [5.74, 6) is -1.63. The number of carbonyl (C=O) groups is 3. The van der Waals surface area contributed by atoms with Crippen molar-refractivity contribution in [3.8, 4) is 0 Å². The number of anilines is 1. The number of hydrogen-bond donors (Lipinski definition) is 2. The lowest BCUT2D eigenvalue weighted by Gasteiger charge is -2.11. The molecule has 2 rings (SSSR count). The first-order valence-corrected chi connectivity index (χ1v) is 9.80. The van der Waals surface area contributed by atoms with Gasteiger partial charge in [-0.15, -0.1) is 0 Å². The number of H-pyrrole nitrogens is 1. The van der Waals surface area contributed by atoms with Crippen LogP contribution in [-0.4, -0.2) is 42.5 Å². The molecule has 0 aliphatic rings. The number of ketones is 1. The van der Waals surface area contributed by atoms with Crippen LogP contribution in [0.5, 0.6) is 0 Å². The Kier molecular flexibility index (Phi) is 8.00. The van der Waals surface area contributed by atoms with Crippen LogP contribution in [0.25, 0.3) is 0 Å². The number of nitrogens with one attached hydrogen (secondary N) is 2. The second-order valence-electron chi connectivity index (χ2n) is 6.67. The molecule has 156 valence electrons. The first-order valence-electron chi connectivity index (χ1n) is 9.80. The highest BCUT2D eigenvalue weighted by atomic mass is 16.5. The van der Waals surface area contributed by atoms with Crippen LogP contribution in [0.1, 0.15) is 69.2 Å². The number of esters is 2. The molecule has 0 saturated carbocycles. The molecule has 0 aliphatic heterocycles. The summed E-state index contributed by atoms with van der Waals surface area (Å²) in [7, 11) is 0. The minimum Gasteiger partial charge on any atom is -0.462 e. The van der Waals surface area contributed by atoms with Crippen molar-refractivity contribution in [1.29, 1.82) is 0 Å². The monoisotopic (exact) mass is 400 g/mol. The maximum atomic E-state index is 12.7. The number of aryl methyl sites for hydroxylation is 2. The fourth-order valence-corrected chi connectivity index (χ4v) is 3.08. The molecule has 2 N–H and O–H groups in total. The minimum absolute atomic E-state index is 0.187. The van der Waals surface area contributed by atoms with Gasteiger partial charge < -0.3 is 19.8 Å². The van der Waals surface area contributed by atoms with Gasteiger partial charge >= 0.3 is 11.9 Å². The molecular formula is C22H28N2O5. The number of Topliss-reactive ketones (excluding diaryl/α,β-unsaturated/α-hetero) is 1. The van der Waals surface area contributed by atoms with Crippen molar-refractivity contribution >= 4 is 23.4 Å². The molecule has 0 atom stereocenters. The minimum atomic E-state index is -0.597. The standard InChI is InChI=1S/C22H28N2O5/c1-5-7-12-23-17-11-9-8-10-16(17)21(26)29-13-18(25)19-14(3)24-15(4)20(19)22(27)28-6-2/h8-11,23-24H,5-7,12-13H2,1-4H3. The van der Waals surface area contributed by atoms with Crippen LogP contribution in [0.4, 0.5) is 5.69 Å². The van der Waals surface area contributed by atoms with E-state index in [0.717, 1.165) is 19.4 Å². The Hall–Kier alpha value is -3.09. The Bertz CT molecular complexity index is 885. The Morgan fingerprint density at radius 3 is 2.34 bits per heavy atom. The zero-order valence-corrected chi connectivity index (χ0v) is 17.4. The molecule has 0 radical (unpaired) electrons. The summed E-state index contributed by atoms with van der Waals surface area (Å²) >= 11 is 0. The number of para-hydroxylation sites is 1. The highest BCUT2D eigenvalue weighted by Crippen LogP contribution is 2.21. The zero-order chi connectivity index (χ0) is 21.4. The number of benzene rings is 1. The third-order valence-corrected chi connectivity index (χ3v) is 4.46. The van der Waals surface area contributed by atoms with Crippen molar-refractivity contribution in [2.24, 2.45) is 0 Å². The average molecular weight is 400 g/mol. The smallest absolute Gasteiger partial charge is 0.340 e. The Morgan fingerprint density at radius 1 is 0.966 bits per heavy atom. The average Bonchev–Trinajstić information content (AvgIpc) is 3.00. The molecule has 0 saturated heterocycles. The lowest BCUT2D eigenvalue weighted by molar-refractivity contribution is 0.0473. The van der Waals surface area contributed by atoms with Gasteiger partial charge in [0, 0.05) is 23.6 Å². The third-order valence-electron chi connectivity index (χ3n) is 4.46. The van der Waals surface area contributed by atoms with Gasteiger partial charge in [-0.3, -0.25) is 4.79 Å². The molecule has 2 aromatic rings. The SMILES string of the molecule is CCCCNc1ccccc1C(=O)OCC(=O)c1c(C)[nH]c(C)c1C(=O)OCC. The van der Waals surface area contributed by atoms with E-state index in [1.807, 2.05) is 6.07 Å². The van der Waals surface area contributed by atoms with Crippen LogP contribution in [0.3, 0.4) is 0 Å². The molecule has 1 heterocycles. The van der Waals surface area contributed by atoms with Gasteiger partial charge in [0.05, 0.1) is 23.3 Å². The van der Waals surface area contributed by atoms with Crippen molar-refractivity contribution in [2.45, 2.75) is 40.5 Å². The first kappa shape index (κ1) is 22.2. The molecule has 0 aliphatic carbocycles. The van der Waals surface area contributed by atoms with E-state index < -0.39 is 24.3 Å². The van der Waals surface area contributed by atoms with E-state index in [2.05, 4.69) is 17.2 Å². The van der Waals surface area contributed by atoms with E-state index in [-0.39, 0.29) is 17.7 Å². The number of aromatic amines is 1. The molecule has 0 fully saturated rings. The van der Waals surface area contributed by atoms with Crippen molar-refractivity contribution in [2.75, 3.05) is 25.1 Å². The molecule has 7 heteroatoms. The molecule has 29 heavy (non-hydrogen) atoms. The lowest BCUT2D eigenvalue weighted by Crippen LogP contribution is -2.19. The zero-order valence-electron chi connectivity index (χ0n) is 17.4. The Morgan fingerprint density at radius 2 is 1.66 bits per heavy atom. The second-order valence-corrected chi connectivity index (χ2v) is 6.67. The molecule has 1 aromatic heterocycles. The van der Waals surface area contributed by atoms with E-state index in [9.17, 15) is 14.4 Å². The number of unbranched alkanes of at least 4 members (excludes halogenated alkanes) is 1. The van der Waals surface area contributed by atoms with Crippen LogP contribution in [0.15, 0.2) is 24.3 Å². The van der Waals surface area contributed by atoms with E-state index in [1.165, 1.54) is 0 Å². The lowest BCUT2D eigenvalue weighted by atomic mass is 10.1. The van der Waals surface area contributed by atoms with Gasteiger partial charge in [-0.25, -0.2) is 9.59 Å². The number of hydrogen-bond acceptors (Lipinski definition) is 6. The fraction of sp³-hybridized carbons (Fsp3) is 0.409. The predicted octanol–water partition coefficient (Wildman–Crippen LogP) is 4.06. The van der Waals surface area contributed by atoms with Gasteiger partial charge in [0.25, 0.3) is 0 Å². The maximum absolute atomic E-state index is 12.7. The van der Waals surface area contributed by atoms with Gasteiger partial charge in [0.1, 0.15) is 0 Å². The maximum Gasteiger partial charge on any atom is 0.340 e. The van der Waals surface area contributed by atoms with Crippen LogP contribution >= 0.6 is 0 Å². The van der Waals surface area contributed by atoms with Gasteiger partial charge in [-0.1, -0.05) is 25.5 Å². The molecular weight excluding hydrogens is 372 g/mol. The summed E-state index contributed by atoms with van der Waals surface area (Å²) in [5, 5.41) is 3.21. The van der Waals surface area contributed by atoms with Crippen LogP contribution in [0.2, 0.25) is 0 Å². The molecule has 0 unspecified atom stereocenters. The summed E-state index contributed by atoms with van der Waals surface area (Å²) in [6, 6.07) is 7.01. The highest BCUT2D eigenvalue weighted by molar-refractivity contribution is 6.09. The van der Waals surface area contributed by atoms with Gasteiger partial charge in [-0.2, -0.15) is 0 Å². The van der Waals surface area contributed by atoms with E-state index in [4.69, 9.17) is 9.47 Å². The van der Waals surface area contributed by atoms with Crippen LogP contribution in [-0.2, 0) is 9.47 Å². The fourth-order valence-electron chi connectivity index (χ4n) is 3.08. The Labute approximate surface area is 170 Å². The van der Waals surface area contributed by atoms with Crippen LogP contribution < -0.4 is 5.32 Å². The van der Waals surface area contributed by atoms with E-state index in [1.54, 1.807) is 39.0 Å². The quantitative estimate of drug-likeness (QED) is 0.355. The topological polar surface area (TPSA) is 97.5 Å². The van der Waals surface area contributed by atoms with Crippen molar-refractivity contribution in [3.63, 3.8) is 0 Å². The first-order chi connectivity index (χ1) is 13.9. The molecule has 7 nitrogen and oxygen atoms in total. The van der Waals surface area contributed by atoms with E-state index in [0.29, 0.717) is 22.6 Å². The van der Waals surface area contributed by atoms with Gasteiger partial charge in [0.2, 0.25) is 5.78 Å². The largest absolute Gasteiger partial charge is 0.462 e. The van der Waals surface area contributed by atoms with Crippen molar-refractivity contribution in [1.82, 2.24) is 4.98 Å². The van der Waals surface area contributed by atoms with Crippen molar-refractivity contribution in [3.05, 3.63) is 52.3 Å². The Balaban J connectivity index is 2.12. The second kappa shape index (κ2) is 10.5. The van der Waals surface area contributed by atoms with Crippen LogP contribution in [0, 0.1) is 13.8 Å². The highest BCUT2D eigenvalue weighted by Gasteiger charge is 2.26. The number of rotatable bonds is 10. The molecule has 1 aromatic carbocycles. The summed E-state index contributed by atoms with van der Waals surface area (Å²) in [5.41, 5.74) is 2.49. The summed E-state index contributed by atoms with van der Waals surface area (Å²) in [6.07, 6.45) is 2.01. The van der Waals surface area contributed by atoms with Gasteiger partial charge in [0.15, 0.2) is 6.61 Å². The molecule has 0 amide bonds. The third kappa shape index (κ3) is 5.47. The van der Waals surface area contributed by atoms with E-state index >= 15 is 0 Å². The van der Waals surface area contributed by atoms with Crippen molar-refractivity contribution < 1.29 is 23.9 Å². The summed E-state index contributed by atoms with van der Waals surface area (Å²) in [6.45, 7) is 7.65. The molecule has 0 bridgehead atoms. The predicted molar refractivity (Wildman–Crippen MR) is 111 cm³/mol.